The number of hydrogen-bond acceptors (Lipinski definition) is 6. The van der Waals surface area contributed by atoms with E-state index >= 15 is 0 Å². The Hall–Kier alpha value is 1.97. The van der Waals surface area contributed by atoms with Gasteiger partial charge >= 0.3 is 173 Å². The maximum atomic E-state index is 5.34. The van der Waals surface area contributed by atoms with Crippen LogP contribution in [-0.4, -0.2) is 103 Å². The van der Waals surface area contributed by atoms with Gasteiger partial charge in [-0.25, -0.2) is 0 Å². The van der Waals surface area contributed by atoms with Crippen molar-refractivity contribution in [2.75, 3.05) is 54.3 Å². The molecule has 3 aliphatic heterocycles. The summed E-state index contributed by atoms with van der Waals surface area (Å²) in [5.74, 6) is 7.74. The Bertz CT molecular complexity index is 343. The Labute approximate surface area is 171 Å². The monoisotopic (exact) mass is 524 g/mol. The molecular weight excluding hydrogens is 494 g/mol. The van der Waals surface area contributed by atoms with Crippen LogP contribution in [0.5, 0.6) is 0 Å². The first kappa shape index (κ1) is 20.7. The van der Waals surface area contributed by atoms with Crippen LogP contribution in [-0.2, 0) is 14.2 Å². The summed E-state index contributed by atoms with van der Waals surface area (Å²) in [6.07, 6.45) is 1.77. The van der Waals surface area contributed by atoms with Crippen molar-refractivity contribution in [3.63, 3.8) is 0 Å². The van der Waals surface area contributed by atoms with Crippen molar-refractivity contribution in [3.05, 3.63) is 0 Å². The molecule has 0 saturated carbocycles. The van der Waals surface area contributed by atoms with E-state index in [1.54, 1.807) is 0 Å². The minimum absolute atomic E-state index is 0.587. The van der Waals surface area contributed by atoms with Gasteiger partial charge in [0.15, 0.2) is 0 Å². The molecule has 3 saturated heterocycles. The molecule has 3 fully saturated rings. The summed E-state index contributed by atoms with van der Waals surface area (Å²) in [5, 5.41) is 4.39. The van der Waals surface area contributed by atoms with Crippen LogP contribution >= 0.6 is 35.3 Å². The second-order valence-electron chi connectivity index (χ2n) is 6.12. The Morgan fingerprint density at radius 2 is 1.33 bits per heavy atom. The van der Waals surface area contributed by atoms with Gasteiger partial charge in [-0.05, 0) is 0 Å². The molecule has 3 rings (SSSR count). The van der Waals surface area contributed by atoms with E-state index in [-0.39, 0.29) is 0 Å². The molecule has 4 unspecified atom stereocenters. The predicted octanol–water partition coefficient (Wildman–Crippen LogP) is 2.83. The van der Waals surface area contributed by atoms with Crippen LogP contribution in [0.2, 0.25) is 20.8 Å². The van der Waals surface area contributed by atoms with E-state index < -0.39 is 0 Å². The summed E-state index contributed by atoms with van der Waals surface area (Å²) >= 11 is 8.01. The fourth-order valence-electron chi connectivity index (χ4n) is 2.00. The van der Waals surface area contributed by atoms with E-state index in [1.807, 2.05) is 0 Å². The van der Waals surface area contributed by atoms with Crippen molar-refractivity contribution < 1.29 is 14.2 Å². The van der Waals surface area contributed by atoms with Crippen LogP contribution in [0.25, 0.3) is 0 Å². The first-order chi connectivity index (χ1) is 11.9. The van der Waals surface area contributed by atoms with E-state index in [0.717, 1.165) is 54.6 Å². The van der Waals surface area contributed by atoms with Gasteiger partial charge in [0.2, 0.25) is 0 Å². The van der Waals surface area contributed by atoms with Crippen molar-refractivity contribution in [2.45, 2.75) is 39.1 Å². The standard InChI is InChI=1S/C16H28O3S3Se2/c1(20-8-13-5-17-13)3-23-12-16(11-22-10-15-7-19-15)24-4-2-21-9-14-6-18-14/h13-16H,1-12H2. The van der Waals surface area contributed by atoms with Crippen LogP contribution in [0, 0.1) is 0 Å². The Balaban J connectivity index is 1.18. The van der Waals surface area contributed by atoms with Crippen LogP contribution in [0.1, 0.15) is 0 Å². The molecule has 3 aliphatic rings. The molecule has 0 aliphatic carbocycles. The summed E-state index contributed by atoms with van der Waals surface area (Å²) in [6, 6.07) is 0. The zero-order valence-electron chi connectivity index (χ0n) is 14.1. The Morgan fingerprint density at radius 1 is 0.792 bits per heavy atom. The van der Waals surface area contributed by atoms with Crippen molar-refractivity contribution in [3.8, 4) is 0 Å². The van der Waals surface area contributed by atoms with E-state index in [9.17, 15) is 0 Å². The SMILES string of the molecule is C(C[Se]CC(CSCC1CO1)[Se]CCSCC1CO1)SCC1CO1. The second-order valence-corrected chi connectivity index (χ2v) is 14.9. The molecule has 0 aromatic heterocycles. The van der Waals surface area contributed by atoms with Gasteiger partial charge in [-0.2, -0.15) is 0 Å². The van der Waals surface area contributed by atoms with Crippen molar-refractivity contribution in [1.29, 1.82) is 0 Å². The number of ether oxygens (including phenoxy) is 3. The fraction of sp³-hybridized carbons (Fsp3) is 1.00. The van der Waals surface area contributed by atoms with Gasteiger partial charge in [0, 0.05) is 0 Å². The number of thioether (sulfide) groups is 3. The second kappa shape index (κ2) is 12.4. The summed E-state index contributed by atoms with van der Waals surface area (Å²) in [6.45, 7) is 3.03. The predicted molar refractivity (Wildman–Crippen MR) is 111 cm³/mol. The van der Waals surface area contributed by atoms with Crippen molar-refractivity contribution in [1.82, 2.24) is 0 Å². The Morgan fingerprint density at radius 3 is 1.92 bits per heavy atom. The molecule has 3 heterocycles. The zero-order valence-corrected chi connectivity index (χ0v) is 19.9. The van der Waals surface area contributed by atoms with E-state index in [4.69, 9.17) is 14.2 Å². The number of epoxide rings is 3. The average Bonchev–Trinajstić information content (AvgIpc) is 3.44. The van der Waals surface area contributed by atoms with Crippen molar-refractivity contribution in [2.24, 2.45) is 0 Å². The molecular formula is C16H28O3S3Se2. The first-order valence-corrected chi connectivity index (χ1v) is 16.8. The summed E-state index contributed by atoms with van der Waals surface area (Å²) < 4.78 is 15.9. The topological polar surface area (TPSA) is 37.6 Å². The molecule has 0 aromatic carbocycles. The van der Waals surface area contributed by atoms with E-state index in [2.05, 4.69) is 35.3 Å². The molecule has 140 valence electrons. The van der Waals surface area contributed by atoms with Crippen LogP contribution in [0.3, 0.4) is 0 Å². The maximum absolute atomic E-state index is 5.34. The van der Waals surface area contributed by atoms with Gasteiger partial charge in [0.05, 0.1) is 0 Å². The third kappa shape index (κ3) is 11.0. The fourth-order valence-corrected chi connectivity index (χ4v) is 13.3. The summed E-state index contributed by atoms with van der Waals surface area (Å²) in [7, 11) is 0. The molecule has 4 atom stereocenters. The van der Waals surface area contributed by atoms with E-state index in [1.165, 1.54) is 50.5 Å². The quantitative estimate of drug-likeness (QED) is 0.166. The molecule has 0 N–H and O–H groups in total. The third-order valence-electron chi connectivity index (χ3n) is 3.68. The molecule has 8 heteroatoms. The van der Waals surface area contributed by atoms with Crippen molar-refractivity contribution >= 4 is 65.2 Å². The molecule has 0 amide bonds. The van der Waals surface area contributed by atoms with Gasteiger partial charge in [-0.15, -0.1) is 0 Å². The zero-order chi connectivity index (χ0) is 16.5. The molecule has 0 spiro atoms. The Kier molecular flexibility index (Phi) is 10.7. The van der Waals surface area contributed by atoms with Gasteiger partial charge in [-0.3, -0.25) is 0 Å². The summed E-state index contributed by atoms with van der Waals surface area (Å²) in [5.41, 5.74) is 0. The van der Waals surface area contributed by atoms with Gasteiger partial charge in [-0.1, -0.05) is 0 Å². The number of rotatable bonds is 17. The molecule has 0 radical (unpaired) electrons. The normalized spacial score (nSPS) is 28.8. The third-order valence-corrected chi connectivity index (χ3v) is 14.8. The van der Waals surface area contributed by atoms with Gasteiger partial charge < -0.3 is 0 Å². The first-order valence-electron chi connectivity index (χ1n) is 8.67. The summed E-state index contributed by atoms with van der Waals surface area (Å²) in [4.78, 5) is 0.996. The van der Waals surface area contributed by atoms with Gasteiger partial charge in [0.1, 0.15) is 0 Å². The number of hydrogen-bond donors (Lipinski definition) is 0. The molecule has 0 bridgehead atoms. The minimum atomic E-state index is 0.587. The average molecular weight is 523 g/mol. The van der Waals surface area contributed by atoms with E-state index in [0.29, 0.717) is 18.3 Å². The van der Waals surface area contributed by atoms with Crippen LogP contribution < -0.4 is 0 Å². The molecule has 3 nitrogen and oxygen atoms in total. The van der Waals surface area contributed by atoms with Crippen LogP contribution in [0.15, 0.2) is 0 Å². The van der Waals surface area contributed by atoms with Crippen LogP contribution in [0.4, 0.5) is 0 Å². The molecule has 24 heavy (non-hydrogen) atoms. The molecule has 0 aromatic rings. The van der Waals surface area contributed by atoms with Gasteiger partial charge in [0.25, 0.3) is 0 Å².